The van der Waals surface area contributed by atoms with E-state index in [0.29, 0.717) is 0 Å². The van der Waals surface area contributed by atoms with Crippen LogP contribution in [0.4, 0.5) is 0 Å². The minimum Gasteiger partial charge on any atom is -0.368 e. The van der Waals surface area contributed by atoms with Crippen molar-refractivity contribution in [2.24, 2.45) is 0 Å². The zero-order valence-electron chi connectivity index (χ0n) is 18.1. The van der Waals surface area contributed by atoms with Gasteiger partial charge in [0.15, 0.2) is 6.29 Å². The van der Waals surface area contributed by atoms with E-state index in [0.717, 1.165) is 38.8 Å². The van der Waals surface area contributed by atoms with Crippen LogP contribution in [0.3, 0.4) is 0 Å². The summed E-state index contributed by atoms with van der Waals surface area (Å²) < 4.78 is 6.27. The van der Waals surface area contributed by atoms with Crippen molar-refractivity contribution in [3.63, 3.8) is 0 Å². The lowest BCUT2D eigenvalue weighted by Crippen LogP contribution is -2.44. The second-order valence-corrected chi connectivity index (χ2v) is 8.51. The molecule has 1 fully saturated rings. The zero-order chi connectivity index (χ0) is 19.9. The summed E-state index contributed by atoms with van der Waals surface area (Å²) in [6, 6.07) is 10.5. The minimum absolute atomic E-state index is 0.330. The van der Waals surface area contributed by atoms with Crippen molar-refractivity contribution >= 4 is 0 Å². The molecule has 1 saturated heterocycles. The molecule has 0 aromatic heterocycles. The summed E-state index contributed by atoms with van der Waals surface area (Å²) in [7, 11) is 0. The number of aliphatic hydroxyl groups is 1. The fraction of sp³-hybridized carbons (Fsp3) is 0.760. The molecule has 1 aliphatic heterocycles. The highest BCUT2D eigenvalue weighted by Crippen LogP contribution is 2.36. The third kappa shape index (κ3) is 8.63. The fourth-order valence-electron chi connectivity index (χ4n) is 4.35. The van der Waals surface area contributed by atoms with Crippen LogP contribution in [0, 0.1) is 0 Å². The first-order valence-corrected chi connectivity index (χ1v) is 11.9. The van der Waals surface area contributed by atoms with Crippen LogP contribution in [0.15, 0.2) is 30.3 Å². The van der Waals surface area contributed by atoms with E-state index in [1.54, 1.807) is 0 Å². The number of ether oxygens (including phenoxy) is 1. The summed E-state index contributed by atoms with van der Waals surface area (Å²) in [5, 5.41) is 13.9. The van der Waals surface area contributed by atoms with Crippen LogP contribution in [-0.4, -0.2) is 24.5 Å². The van der Waals surface area contributed by atoms with Crippen LogP contribution in [0.25, 0.3) is 0 Å². The van der Waals surface area contributed by atoms with E-state index in [2.05, 4.69) is 36.5 Å². The van der Waals surface area contributed by atoms with Gasteiger partial charge in [-0.05, 0) is 44.3 Å². The highest BCUT2D eigenvalue weighted by atomic mass is 16.6. The van der Waals surface area contributed by atoms with Gasteiger partial charge in [0, 0.05) is 0 Å². The zero-order valence-corrected chi connectivity index (χ0v) is 18.1. The molecule has 1 unspecified atom stereocenters. The Morgan fingerprint density at radius 1 is 0.857 bits per heavy atom. The van der Waals surface area contributed by atoms with Gasteiger partial charge in [0.1, 0.15) is 0 Å². The molecule has 1 atom stereocenters. The van der Waals surface area contributed by atoms with E-state index in [4.69, 9.17) is 4.74 Å². The van der Waals surface area contributed by atoms with Crippen LogP contribution in [0.5, 0.6) is 0 Å². The predicted molar refractivity (Wildman–Crippen MR) is 118 cm³/mol. The van der Waals surface area contributed by atoms with Crippen LogP contribution < -0.4 is 5.32 Å². The Kier molecular flexibility index (Phi) is 11.8. The van der Waals surface area contributed by atoms with Crippen molar-refractivity contribution in [2.75, 3.05) is 13.1 Å². The van der Waals surface area contributed by atoms with Gasteiger partial charge in [0.2, 0.25) is 0 Å². The lowest BCUT2D eigenvalue weighted by Gasteiger charge is -2.39. The molecule has 2 N–H and O–H groups in total. The molecule has 0 radical (unpaired) electrons. The lowest BCUT2D eigenvalue weighted by molar-refractivity contribution is -0.203. The van der Waals surface area contributed by atoms with Crippen molar-refractivity contribution in [3.8, 4) is 0 Å². The third-order valence-electron chi connectivity index (χ3n) is 6.13. The van der Waals surface area contributed by atoms with Crippen molar-refractivity contribution < 1.29 is 9.84 Å². The Balaban J connectivity index is 1.59. The second kappa shape index (κ2) is 14.1. The molecule has 2 rings (SSSR count). The summed E-state index contributed by atoms with van der Waals surface area (Å²) in [6.45, 7) is 4.16. The number of piperidine rings is 1. The van der Waals surface area contributed by atoms with Gasteiger partial charge >= 0.3 is 0 Å². The fourth-order valence-corrected chi connectivity index (χ4v) is 4.35. The smallest absolute Gasteiger partial charge is 0.155 e. The molecule has 1 aromatic rings. The average Bonchev–Trinajstić information content (AvgIpc) is 2.73. The SMILES string of the molecule is CCCCCCCCCCCCCC(O)OC1(c2ccccc2)CCNCC1. The first-order valence-electron chi connectivity index (χ1n) is 11.9. The molecule has 3 heteroatoms. The molecule has 0 amide bonds. The number of hydrogen-bond acceptors (Lipinski definition) is 3. The molecule has 3 nitrogen and oxygen atoms in total. The first-order chi connectivity index (χ1) is 13.8. The number of rotatable bonds is 15. The average molecular weight is 390 g/mol. The van der Waals surface area contributed by atoms with Crippen LogP contribution in [0.1, 0.15) is 102 Å². The van der Waals surface area contributed by atoms with Gasteiger partial charge in [-0.25, -0.2) is 0 Å². The van der Waals surface area contributed by atoms with E-state index in [-0.39, 0.29) is 5.60 Å². The quantitative estimate of drug-likeness (QED) is 0.273. The van der Waals surface area contributed by atoms with Crippen molar-refractivity contribution in [3.05, 3.63) is 35.9 Å². The summed E-state index contributed by atoms with van der Waals surface area (Å²) in [4.78, 5) is 0. The van der Waals surface area contributed by atoms with E-state index in [1.807, 2.05) is 6.07 Å². The molecule has 160 valence electrons. The summed E-state index contributed by atoms with van der Waals surface area (Å²) in [6.07, 6.45) is 16.5. The molecule has 0 spiro atoms. The van der Waals surface area contributed by atoms with Crippen LogP contribution in [0.2, 0.25) is 0 Å². The van der Waals surface area contributed by atoms with Gasteiger partial charge in [-0.15, -0.1) is 0 Å². The molecule has 0 saturated carbocycles. The van der Waals surface area contributed by atoms with E-state index >= 15 is 0 Å². The normalized spacial score (nSPS) is 17.5. The maximum absolute atomic E-state index is 10.5. The Labute approximate surface area is 173 Å². The van der Waals surface area contributed by atoms with Gasteiger partial charge < -0.3 is 15.2 Å². The molecule has 0 bridgehead atoms. The van der Waals surface area contributed by atoms with Gasteiger partial charge in [0.25, 0.3) is 0 Å². The first kappa shape index (κ1) is 23.4. The van der Waals surface area contributed by atoms with Crippen LogP contribution in [-0.2, 0) is 10.3 Å². The third-order valence-corrected chi connectivity index (χ3v) is 6.13. The Morgan fingerprint density at radius 2 is 1.39 bits per heavy atom. The van der Waals surface area contributed by atoms with Gasteiger partial charge in [-0.1, -0.05) is 101 Å². The molecule has 1 aromatic carbocycles. The Hall–Kier alpha value is -0.900. The maximum Gasteiger partial charge on any atom is 0.155 e. The minimum atomic E-state index is -0.656. The van der Waals surface area contributed by atoms with Crippen molar-refractivity contribution in [1.82, 2.24) is 5.32 Å². The molecular formula is C25H43NO2. The molecule has 1 heterocycles. The topological polar surface area (TPSA) is 41.5 Å². The van der Waals surface area contributed by atoms with E-state index < -0.39 is 6.29 Å². The number of benzene rings is 1. The highest BCUT2D eigenvalue weighted by Gasteiger charge is 2.36. The summed E-state index contributed by atoms with van der Waals surface area (Å²) in [5.41, 5.74) is 0.874. The number of nitrogens with one attached hydrogen (secondary N) is 1. The molecule has 28 heavy (non-hydrogen) atoms. The maximum atomic E-state index is 10.5. The molecule has 0 aliphatic carbocycles. The van der Waals surface area contributed by atoms with Gasteiger partial charge in [-0.2, -0.15) is 0 Å². The lowest BCUT2D eigenvalue weighted by atomic mass is 9.84. The van der Waals surface area contributed by atoms with Gasteiger partial charge in [-0.3, -0.25) is 0 Å². The van der Waals surface area contributed by atoms with Crippen molar-refractivity contribution in [2.45, 2.75) is 109 Å². The van der Waals surface area contributed by atoms with E-state index in [1.165, 1.54) is 69.8 Å². The van der Waals surface area contributed by atoms with Crippen LogP contribution >= 0.6 is 0 Å². The predicted octanol–water partition coefficient (Wildman–Crippen LogP) is 6.30. The van der Waals surface area contributed by atoms with Crippen molar-refractivity contribution in [1.29, 1.82) is 0 Å². The second-order valence-electron chi connectivity index (χ2n) is 8.51. The largest absolute Gasteiger partial charge is 0.368 e. The van der Waals surface area contributed by atoms with Gasteiger partial charge in [0.05, 0.1) is 5.60 Å². The summed E-state index contributed by atoms with van der Waals surface area (Å²) in [5.74, 6) is 0. The number of unbranched alkanes of at least 4 members (excludes halogenated alkanes) is 10. The van der Waals surface area contributed by atoms with E-state index in [9.17, 15) is 5.11 Å². The highest BCUT2D eigenvalue weighted by molar-refractivity contribution is 5.23. The Bertz CT molecular complexity index is 485. The summed E-state index contributed by atoms with van der Waals surface area (Å²) >= 11 is 0. The number of hydrogen-bond donors (Lipinski definition) is 2. The molecular weight excluding hydrogens is 346 g/mol. The Morgan fingerprint density at radius 3 is 1.96 bits per heavy atom. The molecule has 1 aliphatic rings. The monoisotopic (exact) mass is 389 g/mol. The number of aliphatic hydroxyl groups excluding tert-OH is 1. The standard InChI is InChI=1S/C25H43NO2/c1-2-3-4-5-6-7-8-9-10-11-15-18-24(27)28-25(19-21-26-22-20-25)23-16-13-12-14-17-23/h12-14,16-17,24,26-27H,2-11,15,18-22H2,1H3.